The minimum absolute atomic E-state index is 0.0259. The number of thiophene rings is 1. The largest absolute Gasteiger partial charge is 0.493 e. The number of rotatable bonds is 8. The number of hydrogen-bond donors (Lipinski definition) is 1. The molecule has 7 nitrogen and oxygen atoms in total. The predicted molar refractivity (Wildman–Crippen MR) is 121 cm³/mol. The third-order valence-corrected chi connectivity index (χ3v) is 5.44. The normalized spacial score (nSPS) is 11.1. The van der Waals surface area contributed by atoms with E-state index in [1.165, 1.54) is 24.5 Å². The second-order valence-electron chi connectivity index (χ2n) is 6.91. The number of hydrogen-bond acceptors (Lipinski definition) is 7. The van der Waals surface area contributed by atoms with Gasteiger partial charge in [0.15, 0.2) is 11.5 Å². The van der Waals surface area contributed by atoms with Crippen LogP contribution in [0.1, 0.15) is 47.1 Å². The smallest absolute Gasteiger partial charge is 0.341 e. The molecular weight excluding hydrogens is 416 g/mol. The van der Waals surface area contributed by atoms with Gasteiger partial charge in [0, 0.05) is 4.88 Å². The van der Waals surface area contributed by atoms with Crippen molar-refractivity contribution in [3.63, 3.8) is 0 Å². The fourth-order valence-corrected chi connectivity index (χ4v) is 3.82. The zero-order chi connectivity index (χ0) is 23.1. The molecule has 2 rings (SSSR count). The fourth-order valence-electron chi connectivity index (χ4n) is 2.78. The lowest BCUT2D eigenvalue weighted by atomic mass is 10.1. The maximum Gasteiger partial charge on any atom is 0.341 e. The zero-order valence-electron chi connectivity index (χ0n) is 18.5. The molecule has 1 heterocycles. The van der Waals surface area contributed by atoms with Crippen molar-refractivity contribution in [1.29, 1.82) is 5.26 Å². The number of nitriles is 1. The van der Waals surface area contributed by atoms with E-state index in [-0.39, 0.29) is 18.3 Å². The Morgan fingerprint density at radius 2 is 1.97 bits per heavy atom. The number of carbonyl (C=O) groups excluding carboxylic acids is 2. The number of esters is 1. The summed E-state index contributed by atoms with van der Waals surface area (Å²) in [5, 5.41) is 12.6. The van der Waals surface area contributed by atoms with Crippen LogP contribution in [0.5, 0.6) is 11.5 Å². The first-order valence-electron chi connectivity index (χ1n) is 9.76. The second-order valence-corrected chi connectivity index (χ2v) is 8.13. The predicted octanol–water partition coefficient (Wildman–Crippen LogP) is 4.88. The van der Waals surface area contributed by atoms with Gasteiger partial charge < -0.3 is 19.5 Å². The summed E-state index contributed by atoms with van der Waals surface area (Å²) in [5.41, 5.74) is 1.54. The highest BCUT2D eigenvalue weighted by atomic mass is 32.1. The highest BCUT2D eigenvalue weighted by molar-refractivity contribution is 7.16. The van der Waals surface area contributed by atoms with Gasteiger partial charge >= 0.3 is 5.97 Å². The molecule has 0 bridgehead atoms. The van der Waals surface area contributed by atoms with Gasteiger partial charge in [-0.2, -0.15) is 5.26 Å². The maximum atomic E-state index is 12.8. The van der Waals surface area contributed by atoms with Crippen molar-refractivity contribution in [1.82, 2.24) is 0 Å². The molecule has 0 spiro atoms. The summed E-state index contributed by atoms with van der Waals surface area (Å²) in [4.78, 5) is 26.0. The lowest BCUT2D eigenvalue weighted by Gasteiger charge is -2.14. The van der Waals surface area contributed by atoms with E-state index in [2.05, 4.69) is 5.32 Å². The number of anilines is 1. The number of ether oxygens (including phenoxy) is 3. The minimum atomic E-state index is -0.615. The van der Waals surface area contributed by atoms with E-state index in [9.17, 15) is 14.9 Å². The number of aryl methyl sites for hydroxylation is 1. The van der Waals surface area contributed by atoms with Crippen molar-refractivity contribution in [3.8, 4) is 17.6 Å². The van der Waals surface area contributed by atoms with E-state index in [0.717, 1.165) is 10.4 Å². The highest BCUT2D eigenvalue weighted by Gasteiger charge is 2.23. The Kier molecular flexibility index (Phi) is 8.22. The minimum Gasteiger partial charge on any atom is -0.493 e. The van der Waals surface area contributed by atoms with Crippen molar-refractivity contribution in [3.05, 3.63) is 45.3 Å². The van der Waals surface area contributed by atoms with Crippen LogP contribution in [0.4, 0.5) is 5.00 Å². The van der Waals surface area contributed by atoms with Crippen LogP contribution in [0.15, 0.2) is 23.8 Å². The SMILES string of the molecule is CCOC(=O)c1c(NC(=O)C(C#N)=Cc2ccc(OC(C)C)c(OC)c2)sc(C)c1C. The quantitative estimate of drug-likeness (QED) is 0.355. The number of nitrogens with zero attached hydrogens (tertiary/aromatic N) is 1. The number of benzene rings is 1. The molecule has 1 amide bonds. The van der Waals surface area contributed by atoms with Crippen LogP contribution in [0.25, 0.3) is 6.08 Å². The van der Waals surface area contributed by atoms with Gasteiger partial charge in [-0.1, -0.05) is 6.07 Å². The molecule has 0 fully saturated rings. The van der Waals surface area contributed by atoms with Gasteiger partial charge in [-0.05, 0) is 64.0 Å². The summed E-state index contributed by atoms with van der Waals surface area (Å²) in [5.74, 6) is -0.0566. The van der Waals surface area contributed by atoms with Crippen LogP contribution >= 0.6 is 11.3 Å². The van der Waals surface area contributed by atoms with Crippen LogP contribution in [-0.4, -0.2) is 31.7 Å². The fraction of sp³-hybridized carbons (Fsp3) is 0.348. The van der Waals surface area contributed by atoms with E-state index in [1.807, 2.05) is 26.8 Å². The number of carbonyl (C=O) groups is 2. The molecule has 0 unspecified atom stereocenters. The van der Waals surface area contributed by atoms with Crippen LogP contribution < -0.4 is 14.8 Å². The van der Waals surface area contributed by atoms with E-state index < -0.39 is 11.9 Å². The van der Waals surface area contributed by atoms with Crippen molar-refractivity contribution >= 4 is 34.3 Å². The first kappa shape index (κ1) is 24.0. The van der Waals surface area contributed by atoms with E-state index in [1.54, 1.807) is 32.0 Å². The Labute approximate surface area is 186 Å². The van der Waals surface area contributed by atoms with Gasteiger partial charge in [0.05, 0.1) is 25.4 Å². The summed E-state index contributed by atoms with van der Waals surface area (Å²) in [6.45, 7) is 9.40. The number of methoxy groups -OCH3 is 1. The van der Waals surface area contributed by atoms with E-state index >= 15 is 0 Å². The third kappa shape index (κ3) is 5.86. The van der Waals surface area contributed by atoms with Crippen molar-refractivity contribution < 1.29 is 23.8 Å². The second kappa shape index (κ2) is 10.6. The summed E-state index contributed by atoms with van der Waals surface area (Å²) < 4.78 is 16.1. The molecule has 0 aliphatic heterocycles. The molecule has 0 saturated heterocycles. The zero-order valence-corrected chi connectivity index (χ0v) is 19.3. The van der Waals surface area contributed by atoms with Crippen LogP contribution in [0, 0.1) is 25.2 Å². The van der Waals surface area contributed by atoms with Crippen molar-refractivity contribution in [2.45, 2.75) is 40.7 Å². The molecule has 0 atom stereocenters. The average Bonchev–Trinajstić information content (AvgIpc) is 2.99. The molecule has 1 aromatic carbocycles. The summed E-state index contributed by atoms with van der Waals surface area (Å²) in [7, 11) is 1.52. The molecule has 8 heteroatoms. The van der Waals surface area contributed by atoms with Gasteiger partial charge in [-0.3, -0.25) is 4.79 Å². The van der Waals surface area contributed by atoms with Crippen LogP contribution in [-0.2, 0) is 9.53 Å². The molecule has 0 saturated carbocycles. The molecule has 31 heavy (non-hydrogen) atoms. The lowest BCUT2D eigenvalue weighted by Crippen LogP contribution is -2.16. The van der Waals surface area contributed by atoms with Crippen LogP contribution in [0.3, 0.4) is 0 Å². The summed E-state index contributed by atoms with van der Waals surface area (Å²) in [6.07, 6.45) is 1.43. The Morgan fingerprint density at radius 1 is 1.26 bits per heavy atom. The lowest BCUT2D eigenvalue weighted by molar-refractivity contribution is -0.112. The Bertz CT molecular complexity index is 1050. The highest BCUT2D eigenvalue weighted by Crippen LogP contribution is 2.34. The maximum absolute atomic E-state index is 12.8. The van der Waals surface area contributed by atoms with Gasteiger partial charge in [-0.25, -0.2) is 4.79 Å². The van der Waals surface area contributed by atoms with Gasteiger partial charge in [0.25, 0.3) is 5.91 Å². The monoisotopic (exact) mass is 442 g/mol. The molecule has 1 N–H and O–H groups in total. The Balaban J connectivity index is 2.33. The molecule has 2 aromatic rings. The molecule has 0 aliphatic rings. The topological polar surface area (TPSA) is 97.7 Å². The third-order valence-electron chi connectivity index (χ3n) is 4.32. The Hall–Kier alpha value is -3.31. The van der Waals surface area contributed by atoms with Crippen molar-refractivity contribution in [2.24, 2.45) is 0 Å². The number of amides is 1. The van der Waals surface area contributed by atoms with Gasteiger partial charge in [-0.15, -0.1) is 11.3 Å². The summed E-state index contributed by atoms with van der Waals surface area (Å²) >= 11 is 1.27. The van der Waals surface area contributed by atoms with Crippen molar-refractivity contribution in [2.75, 3.05) is 19.0 Å². The molecule has 164 valence electrons. The van der Waals surface area contributed by atoms with Gasteiger partial charge in [0.1, 0.15) is 16.6 Å². The van der Waals surface area contributed by atoms with Gasteiger partial charge in [0.2, 0.25) is 0 Å². The van der Waals surface area contributed by atoms with Crippen LogP contribution in [0.2, 0.25) is 0 Å². The first-order chi connectivity index (χ1) is 14.7. The average molecular weight is 443 g/mol. The summed E-state index contributed by atoms with van der Waals surface area (Å²) in [6, 6.07) is 7.06. The number of nitrogens with one attached hydrogen (secondary N) is 1. The Morgan fingerprint density at radius 3 is 2.55 bits per heavy atom. The molecule has 0 radical (unpaired) electrons. The standard InChI is InChI=1S/C23H26N2O5S/c1-7-29-23(27)20-14(4)15(5)31-22(20)25-21(26)17(12-24)10-16-8-9-18(30-13(2)3)19(11-16)28-6/h8-11,13H,7H2,1-6H3,(H,25,26). The molecule has 0 aliphatic carbocycles. The molecule has 1 aromatic heterocycles. The van der Waals surface area contributed by atoms with E-state index in [4.69, 9.17) is 14.2 Å². The molecular formula is C23H26N2O5S. The van der Waals surface area contributed by atoms with E-state index in [0.29, 0.717) is 27.6 Å². The first-order valence-corrected chi connectivity index (χ1v) is 10.6.